The van der Waals surface area contributed by atoms with Crippen molar-refractivity contribution in [3.63, 3.8) is 0 Å². The molecule has 2 unspecified atom stereocenters. The lowest BCUT2D eigenvalue weighted by Gasteiger charge is -2.19. The molecule has 2 N–H and O–H groups in total. The molecule has 29 heavy (non-hydrogen) atoms. The number of thiophene rings is 1. The second-order valence-corrected chi connectivity index (χ2v) is 9.08. The number of nitrogens with zero attached hydrogens (tertiary/aromatic N) is 1. The summed E-state index contributed by atoms with van der Waals surface area (Å²) in [5, 5.41) is 11.6. The largest absolute Gasteiger partial charge is 0.360 e. The molecule has 0 aliphatic rings. The summed E-state index contributed by atoms with van der Waals surface area (Å²) in [5.74, 6) is 0.748. The molecule has 2 amide bonds. The van der Waals surface area contributed by atoms with E-state index in [9.17, 15) is 9.59 Å². The minimum Gasteiger partial charge on any atom is -0.360 e. The summed E-state index contributed by atoms with van der Waals surface area (Å²) in [4.78, 5) is 25.8. The third-order valence-electron chi connectivity index (χ3n) is 4.05. The van der Waals surface area contributed by atoms with Crippen LogP contribution in [0.3, 0.4) is 0 Å². The third-order valence-corrected chi connectivity index (χ3v) is 6.38. The average Bonchev–Trinajstić information content (AvgIpc) is 3.37. The molecule has 9 heteroatoms. The molecule has 0 saturated heterocycles. The van der Waals surface area contributed by atoms with Crippen molar-refractivity contribution >= 4 is 52.3 Å². The van der Waals surface area contributed by atoms with Gasteiger partial charge in [0.15, 0.2) is 5.82 Å². The van der Waals surface area contributed by atoms with Crippen LogP contribution < -0.4 is 10.6 Å². The van der Waals surface area contributed by atoms with Crippen molar-refractivity contribution in [3.8, 4) is 0 Å². The third kappa shape index (κ3) is 6.09. The van der Waals surface area contributed by atoms with Crippen molar-refractivity contribution in [2.24, 2.45) is 0 Å². The van der Waals surface area contributed by atoms with Crippen LogP contribution in [0.25, 0.3) is 0 Å². The molecule has 6 nitrogen and oxygen atoms in total. The lowest BCUT2D eigenvalue weighted by molar-refractivity contribution is -0.119. The summed E-state index contributed by atoms with van der Waals surface area (Å²) < 4.78 is 4.93. The Morgan fingerprint density at radius 1 is 1.28 bits per heavy atom. The second-order valence-electron chi connectivity index (χ2n) is 6.33. The summed E-state index contributed by atoms with van der Waals surface area (Å²) in [6, 6.07) is 12.7. The molecule has 0 radical (unpaired) electrons. The fourth-order valence-corrected chi connectivity index (χ4v) is 4.19. The second kappa shape index (κ2) is 9.96. The van der Waals surface area contributed by atoms with Gasteiger partial charge in [0.05, 0.1) is 17.0 Å². The number of benzene rings is 1. The van der Waals surface area contributed by atoms with Gasteiger partial charge in [-0.15, -0.1) is 23.1 Å². The van der Waals surface area contributed by atoms with E-state index >= 15 is 0 Å². The van der Waals surface area contributed by atoms with Crippen LogP contribution in [0.4, 0.5) is 5.82 Å². The number of rotatable bonds is 8. The Labute approximate surface area is 182 Å². The number of nitrogens with one attached hydrogen (secondary N) is 2. The van der Waals surface area contributed by atoms with Crippen LogP contribution in [-0.2, 0) is 9.59 Å². The van der Waals surface area contributed by atoms with Crippen LogP contribution in [0, 0.1) is 6.92 Å². The maximum absolute atomic E-state index is 12.6. The summed E-state index contributed by atoms with van der Waals surface area (Å²) >= 11 is 8.81. The van der Waals surface area contributed by atoms with Crippen molar-refractivity contribution < 1.29 is 14.1 Å². The minimum atomic E-state index is -0.423. The Bertz CT molecular complexity index is 958. The van der Waals surface area contributed by atoms with Gasteiger partial charge in [0.2, 0.25) is 11.8 Å². The van der Waals surface area contributed by atoms with Crippen LogP contribution in [-0.4, -0.2) is 28.0 Å². The summed E-state index contributed by atoms with van der Waals surface area (Å²) in [5.41, 5.74) is 0.947. The zero-order valence-electron chi connectivity index (χ0n) is 15.8. The standard InChI is InChI=1S/C20H20ClN3O3S2/c1-12-10-17(24-27-12)22-20(26)13(2)29-11-18(25)23-19(16-4-3-9-28-16)14-5-7-15(21)8-6-14/h3-10,13,19H,11H2,1-2H3,(H,23,25)(H,22,24,26). The fourth-order valence-electron chi connectivity index (χ4n) is 2.56. The van der Waals surface area contributed by atoms with Crippen molar-refractivity contribution in [2.45, 2.75) is 25.1 Å². The zero-order valence-corrected chi connectivity index (χ0v) is 18.2. The quantitative estimate of drug-likeness (QED) is 0.522. The van der Waals surface area contributed by atoms with Crippen molar-refractivity contribution in [3.05, 3.63) is 69.1 Å². The number of anilines is 1. The van der Waals surface area contributed by atoms with Gasteiger partial charge in [0.1, 0.15) is 5.76 Å². The molecule has 0 spiro atoms. The first kappa shape index (κ1) is 21.4. The van der Waals surface area contributed by atoms with Gasteiger partial charge in [-0.05, 0) is 43.0 Å². The highest BCUT2D eigenvalue weighted by Crippen LogP contribution is 2.27. The molecule has 2 heterocycles. The molecule has 0 aliphatic heterocycles. The summed E-state index contributed by atoms with van der Waals surface area (Å²) in [6.45, 7) is 3.49. The summed E-state index contributed by atoms with van der Waals surface area (Å²) in [7, 11) is 0. The van der Waals surface area contributed by atoms with Gasteiger partial charge in [0.25, 0.3) is 0 Å². The maximum Gasteiger partial charge on any atom is 0.238 e. The van der Waals surface area contributed by atoms with Gasteiger partial charge in [-0.2, -0.15) is 0 Å². The molecule has 2 aromatic heterocycles. The highest BCUT2D eigenvalue weighted by atomic mass is 35.5. The molecule has 3 aromatic rings. The maximum atomic E-state index is 12.6. The van der Waals surface area contributed by atoms with E-state index in [0.717, 1.165) is 10.4 Å². The SMILES string of the molecule is Cc1cc(NC(=O)C(C)SCC(=O)NC(c2ccc(Cl)cc2)c2cccs2)no1. The number of halogens is 1. The van der Waals surface area contributed by atoms with Crippen LogP contribution in [0.15, 0.2) is 52.4 Å². The monoisotopic (exact) mass is 449 g/mol. The van der Waals surface area contributed by atoms with Gasteiger partial charge in [-0.3, -0.25) is 9.59 Å². The zero-order chi connectivity index (χ0) is 20.8. The first-order valence-corrected chi connectivity index (χ1v) is 11.2. The predicted molar refractivity (Wildman–Crippen MR) is 118 cm³/mol. The first-order chi connectivity index (χ1) is 13.9. The number of hydrogen-bond donors (Lipinski definition) is 2. The van der Waals surface area contributed by atoms with E-state index in [0.29, 0.717) is 16.6 Å². The molecular formula is C20H20ClN3O3S2. The van der Waals surface area contributed by atoms with Gasteiger partial charge in [0, 0.05) is 16.0 Å². The van der Waals surface area contributed by atoms with Gasteiger partial charge in [-0.1, -0.05) is 35.0 Å². The van der Waals surface area contributed by atoms with Gasteiger partial charge >= 0.3 is 0 Å². The average molecular weight is 450 g/mol. The van der Waals surface area contributed by atoms with E-state index in [-0.39, 0.29) is 23.6 Å². The molecule has 0 fully saturated rings. The number of amides is 2. The Morgan fingerprint density at radius 3 is 2.66 bits per heavy atom. The highest BCUT2D eigenvalue weighted by molar-refractivity contribution is 8.01. The molecule has 152 valence electrons. The number of carbonyl (C=O) groups is 2. The Hall–Kier alpha value is -2.29. The Morgan fingerprint density at radius 2 is 2.03 bits per heavy atom. The van der Waals surface area contributed by atoms with Crippen LogP contribution in [0.5, 0.6) is 0 Å². The number of thioether (sulfide) groups is 1. The lowest BCUT2D eigenvalue weighted by Crippen LogP contribution is -2.32. The van der Waals surface area contributed by atoms with Crippen LogP contribution in [0.2, 0.25) is 5.02 Å². The predicted octanol–water partition coefficient (Wildman–Crippen LogP) is 4.66. The van der Waals surface area contributed by atoms with Crippen molar-refractivity contribution in [1.29, 1.82) is 0 Å². The van der Waals surface area contributed by atoms with E-state index < -0.39 is 5.25 Å². The van der Waals surface area contributed by atoms with E-state index in [1.165, 1.54) is 11.8 Å². The lowest BCUT2D eigenvalue weighted by atomic mass is 10.1. The van der Waals surface area contributed by atoms with E-state index in [2.05, 4.69) is 15.8 Å². The van der Waals surface area contributed by atoms with E-state index in [4.69, 9.17) is 16.1 Å². The number of aromatic nitrogens is 1. The van der Waals surface area contributed by atoms with Crippen LogP contribution >= 0.6 is 34.7 Å². The molecule has 0 saturated carbocycles. The fraction of sp³-hybridized carbons (Fsp3) is 0.250. The number of hydrogen-bond acceptors (Lipinski definition) is 6. The smallest absolute Gasteiger partial charge is 0.238 e. The topological polar surface area (TPSA) is 84.2 Å². The Kier molecular flexibility index (Phi) is 7.35. The van der Waals surface area contributed by atoms with E-state index in [1.54, 1.807) is 43.4 Å². The highest BCUT2D eigenvalue weighted by Gasteiger charge is 2.20. The normalized spacial score (nSPS) is 12.9. The Balaban J connectivity index is 1.57. The molecule has 0 aliphatic carbocycles. The molecular weight excluding hydrogens is 430 g/mol. The molecule has 3 rings (SSSR count). The van der Waals surface area contributed by atoms with Crippen molar-refractivity contribution in [2.75, 3.05) is 11.1 Å². The van der Waals surface area contributed by atoms with E-state index in [1.807, 2.05) is 29.6 Å². The number of aryl methyl sites for hydroxylation is 1. The van der Waals surface area contributed by atoms with Gasteiger partial charge < -0.3 is 15.2 Å². The van der Waals surface area contributed by atoms with Gasteiger partial charge in [-0.25, -0.2) is 0 Å². The minimum absolute atomic E-state index is 0.153. The first-order valence-electron chi connectivity index (χ1n) is 8.86. The molecule has 0 bridgehead atoms. The molecule has 1 aromatic carbocycles. The molecule has 2 atom stereocenters. The van der Waals surface area contributed by atoms with Crippen molar-refractivity contribution in [1.82, 2.24) is 10.5 Å². The number of carbonyl (C=O) groups excluding carboxylic acids is 2. The van der Waals surface area contributed by atoms with Crippen LogP contribution in [0.1, 0.15) is 29.2 Å². The summed E-state index contributed by atoms with van der Waals surface area (Å²) in [6.07, 6.45) is 0.